The third-order valence-corrected chi connectivity index (χ3v) is 2.49. The van der Waals surface area contributed by atoms with E-state index in [9.17, 15) is 18.4 Å². The Bertz CT molecular complexity index is 506. The van der Waals surface area contributed by atoms with Gasteiger partial charge in [-0.1, -0.05) is 13.8 Å². The van der Waals surface area contributed by atoms with Crippen LogP contribution in [0.25, 0.3) is 0 Å². The van der Waals surface area contributed by atoms with Crippen LogP contribution in [0.15, 0.2) is 18.2 Å². The number of aliphatic carboxylic acids is 1. The molecule has 7 heteroatoms. The van der Waals surface area contributed by atoms with E-state index in [0.717, 1.165) is 12.1 Å². The van der Waals surface area contributed by atoms with Gasteiger partial charge in [0.25, 0.3) is 0 Å². The quantitative estimate of drug-likeness (QED) is 0.778. The van der Waals surface area contributed by atoms with Gasteiger partial charge in [0, 0.05) is 6.07 Å². The minimum absolute atomic E-state index is 0.0685. The predicted octanol–water partition coefficient (Wildman–Crippen LogP) is 2.59. The first-order valence-corrected chi connectivity index (χ1v) is 6.05. The van der Waals surface area contributed by atoms with Crippen molar-refractivity contribution in [1.29, 1.82) is 0 Å². The molecule has 0 aliphatic heterocycles. The van der Waals surface area contributed by atoms with Gasteiger partial charge in [0.15, 0.2) is 0 Å². The van der Waals surface area contributed by atoms with Crippen LogP contribution in [0.3, 0.4) is 0 Å². The molecule has 3 N–H and O–H groups in total. The van der Waals surface area contributed by atoms with Crippen LogP contribution in [-0.4, -0.2) is 23.1 Å². The van der Waals surface area contributed by atoms with Crippen LogP contribution >= 0.6 is 0 Å². The van der Waals surface area contributed by atoms with Gasteiger partial charge in [-0.25, -0.2) is 18.4 Å². The highest BCUT2D eigenvalue weighted by Gasteiger charge is 2.21. The number of carboxylic acid groups (broad SMARTS) is 1. The van der Waals surface area contributed by atoms with Crippen molar-refractivity contribution in [3.63, 3.8) is 0 Å². The fourth-order valence-corrected chi connectivity index (χ4v) is 1.60. The Morgan fingerprint density at radius 3 is 2.45 bits per heavy atom. The van der Waals surface area contributed by atoms with E-state index < -0.39 is 29.7 Å². The second-order valence-corrected chi connectivity index (χ2v) is 4.74. The molecule has 1 rings (SSSR count). The molecule has 0 heterocycles. The molecule has 0 saturated carbocycles. The molecule has 1 aromatic rings. The Labute approximate surface area is 115 Å². The summed E-state index contributed by atoms with van der Waals surface area (Å²) >= 11 is 0. The van der Waals surface area contributed by atoms with Gasteiger partial charge in [0.1, 0.15) is 17.7 Å². The summed E-state index contributed by atoms with van der Waals surface area (Å²) < 4.78 is 26.0. The number of nitrogens with one attached hydrogen (secondary N) is 2. The molecule has 0 aromatic heterocycles. The number of anilines is 1. The van der Waals surface area contributed by atoms with Crippen molar-refractivity contribution in [2.24, 2.45) is 5.92 Å². The van der Waals surface area contributed by atoms with Crippen LogP contribution in [0, 0.1) is 17.6 Å². The highest BCUT2D eigenvalue weighted by atomic mass is 19.1. The van der Waals surface area contributed by atoms with Gasteiger partial charge in [-0.05, 0) is 24.5 Å². The smallest absolute Gasteiger partial charge is 0.326 e. The third-order valence-electron chi connectivity index (χ3n) is 2.49. The SMILES string of the molecule is CC(C)C[C@H](NC(=O)Nc1ccc(F)cc1F)C(=O)O. The second kappa shape index (κ2) is 6.83. The van der Waals surface area contributed by atoms with E-state index in [1.807, 2.05) is 13.8 Å². The van der Waals surface area contributed by atoms with Gasteiger partial charge < -0.3 is 15.7 Å². The maximum absolute atomic E-state index is 13.3. The topological polar surface area (TPSA) is 78.4 Å². The molecule has 0 aliphatic rings. The third kappa shape index (κ3) is 4.83. The first-order valence-electron chi connectivity index (χ1n) is 6.05. The molecule has 1 aromatic carbocycles. The summed E-state index contributed by atoms with van der Waals surface area (Å²) in [4.78, 5) is 22.6. The van der Waals surface area contributed by atoms with Crippen molar-refractivity contribution in [3.8, 4) is 0 Å². The molecule has 0 fully saturated rings. The van der Waals surface area contributed by atoms with Gasteiger partial charge in [0.2, 0.25) is 0 Å². The molecule has 0 bridgehead atoms. The number of halogens is 2. The van der Waals surface area contributed by atoms with Crippen LogP contribution in [0.4, 0.5) is 19.3 Å². The highest BCUT2D eigenvalue weighted by Crippen LogP contribution is 2.15. The summed E-state index contributed by atoms with van der Waals surface area (Å²) in [5.74, 6) is -2.81. The van der Waals surface area contributed by atoms with Crippen molar-refractivity contribution in [3.05, 3.63) is 29.8 Å². The Morgan fingerprint density at radius 2 is 1.95 bits per heavy atom. The Kier molecular flexibility index (Phi) is 5.42. The van der Waals surface area contributed by atoms with E-state index in [2.05, 4.69) is 10.6 Å². The number of amides is 2. The fourth-order valence-electron chi connectivity index (χ4n) is 1.60. The number of benzene rings is 1. The van der Waals surface area contributed by atoms with Crippen molar-refractivity contribution in [2.75, 3.05) is 5.32 Å². The number of hydrogen-bond donors (Lipinski definition) is 3. The lowest BCUT2D eigenvalue weighted by atomic mass is 10.0. The zero-order valence-corrected chi connectivity index (χ0v) is 11.1. The van der Waals surface area contributed by atoms with E-state index in [0.29, 0.717) is 6.07 Å². The maximum atomic E-state index is 13.3. The van der Waals surface area contributed by atoms with Crippen LogP contribution in [0.5, 0.6) is 0 Å². The molecule has 2 amide bonds. The van der Waals surface area contributed by atoms with E-state index in [-0.39, 0.29) is 18.0 Å². The molecular formula is C13H16F2N2O3. The first-order chi connectivity index (χ1) is 9.29. The highest BCUT2D eigenvalue weighted by molar-refractivity contribution is 5.92. The summed E-state index contributed by atoms with van der Waals surface area (Å²) in [6.45, 7) is 3.63. The van der Waals surface area contributed by atoms with Crippen molar-refractivity contribution in [2.45, 2.75) is 26.3 Å². The van der Waals surface area contributed by atoms with E-state index >= 15 is 0 Å². The van der Waals surface area contributed by atoms with Crippen molar-refractivity contribution in [1.82, 2.24) is 5.32 Å². The van der Waals surface area contributed by atoms with E-state index in [1.54, 1.807) is 0 Å². The molecule has 0 aliphatic carbocycles. The summed E-state index contributed by atoms with van der Waals surface area (Å²) in [5.41, 5.74) is -0.224. The Hall–Kier alpha value is -2.18. The molecule has 1 atom stereocenters. The number of carbonyl (C=O) groups excluding carboxylic acids is 1. The molecule has 0 unspecified atom stereocenters. The number of rotatable bonds is 5. The molecule has 0 spiro atoms. The second-order valence-electron chi connectivity index (χ2n) is 4.74. The van der Waals surface area contributed by atoms with Crippen LogP contribution < -0.4 is 10.6 Å². The molecule has 20 heavy (non-hydrogen) atoms. The maximum Gasteiger partial charge on any atom is 0.326 e. The minimum Gasteiger partial charge on any atom is -0.480 e. The molecule has 0 saturated heterocycles. The number of urea groups is 1. The normalized spacial score (nSPS) is 12.1. The summed E-state index contributed by atoms with van der Waals surface area (Å²) in [6, 6.07) is 0.740. The van der Waals surface area contributed by atoms with Crippen molar-refractivity contribution < 1.29 is 23.5 Å². The lowest BCUT2D eigenvalue weighted by Gasteiger charge is -2.17. The van der Waals surface area contributed by atoms with Gasteiger partial charge in [0.05, 0.1) is 5.69 Å². The van der Waals surface area contributed by atoms with Gasteiger partial charge >= 0.3 is 12.0 Å². The standard InChI is InChI=1S/C13H16F2N2O3/c1-7(2)5-11(12(18)19)17-13(20)16-10-4-3-8(14)6-9(10)15/h3-4,6-7,11H,5H2,1-2H3,(H,18,19)(H2,16,17,20)/t11-/m0/s1. The molecule has 5 nitrogen and oxygen atoms in total. The predicted molar refractivity (Wildman–Crippen MR) is 69.4 cm³/mol. The summed E-state index contributed by atoms with van der Waals surface area (Å²) in [5, 5.41) is 13.3. The lowest BCUT2D eigenvalue weighted by molar-refractivity contribution is -0.139. The summed E-state index contributed by atoms with van der Waals surface area (Å²) in [7, 11) is 0. The van der Waals surface area contributed by atoms with Crippen LogP contribution in [0.2, 0.25) is 0 Å². The monoisotopic (exact) mass is 286 g/mol. The molecule has 0 radical (unpaired) electrons. The lowest BCUT2D eigenvalue weighted by Crippen LogP contribution is -2.43. The zero-order chi connectivity index (χ0) is 15.3. The average Bonchev–Trinajstić information content (AvgIpc) is 2.31. The van der Waals surface area contributed by atoms with Crippen molar-refractivity contribution >= 4 is 17.7 Å². The molecular weight excluding hydrogens is 270 g/mol. The fraction of sp³-hybridized carbons (Fsp3) is 0.385. The Morgan fingerprint density at radius 1 is 1.30 bits per heavy atom. The van der Waals surface area contributed by atoms with Gasteiger partial charge in [-0.2, -0.15) is 0 Å². The van der Waals surface area contributed by atoms with E-state index in [1.165, 1.54) is 0 Å². The molecule has 110 valence electrons. The minimum atomic E-state index is -1.17. The Balaban J connectivity index is 2.68. The largest absolute Gasteiger partial charge is 0.480 e. The number of carboxylic acids is 1. The number of carbonyl (C=O) groups is 2. The van der Waals surface area contributed by atoms with Gasteiger partial charge in [-0.3, -0.25) is 0 Å². The van der Waals surface area contributed by atoms with E-state index in [4.69, 9.17) is 5.11 Å². The summed E-state index contributed by atoms with van der Waals surface area (Å²) in [6.07, 6.45) is 0.245. The zero-order valence-electron chi connectivity index (χ0n) is 11.1. The van der Waals surface area contributed by atoms with Crippen LogP contribution in [-0.2, 0) is 4.79 Å². The van der Waals surface area contributed by atoms with Gasteiger partial charge in [-0.15, -0.1) is 0 Å². The van der Waals surface area contributed by atoms with Crippen LogP contribution in [0.1, 0.15) is 20.3 Å². The first kappa shape index (κ1) is 15.9. The number of hydrogen-bond acceptors (Lipinski definition) is 2. The average molecular weight is 286 g/mol.